The first kappa shape index (κ1) is 20.6. The molecule has 0 aromatic heterocycles. The molecule has 1 saturated heterocycles. The van der Waals surface area contributed by atoms with E-state index in [-0.39, 0.29) is 17.0 Å². The average Bonchev–Trinajstić information content (AvgIpc) is 3.15. The van der Waals surface area contributed by atoms with Gasteiger partial charge in [-0.2, -0.15) is 0 Å². The van der Waals surface area contributed by atoms with Gasteiger partial charge in [-0.3, -0.25) is 4.90 Å². The average molecular weight is 396 g/mol. The Labute approximate surface area is 175 Å². The van der Waals surface area contributed by atoms with E-state index in [0.717, 1.165) is 39.0 Å². The minimum absolute atomic E-state index is 0.0400. The van der Waals surface area contributed by atoms with Crippen LogP contribution in [0.5, 0.6) is 0 Å². The van der Waals surface area contributed by atoms with Crippen molar-refractivity contribution >= 4 is 0 Å². The van der Waals surface area contributed by atoms with Gasteiger partial charge in [0.1, 0.15) is 5.82 Å². The Balaban J connectivity index is 1.66. The molecule has 2 aliphatic rings. The molecule has 0 N–H and O–H groups in total. The Hall–Kier alpha value is -1.71. The largest absolute Gasteiger partial charge is 0.375 e. The normalized spacial score (nSPS) is 23.7. The molecule has 2 nitrogen and oxygen atoms in total. The van der Waals surface area contributed by atoms with E-state index in [4.69, 9.17) is 4.74 Å². The molecule has 4 rings (SSSR count). The van der Waals surface area contributed by atoms with Gasteiger partial charge >= 0.3 is 0 Å². The van der Waals surface area contributed by atoms with E-state index in [9.17, 15) is 4.39 Å². The standard InChI is InChI=1S/C26H34FNO/c1-3-28(19-23-8-6-7-21(2)17-23)25(18-22-9-11-24(27)12-10-22)15-16-29-26(20-25)13-4-5-14-26/h6-12,17H,3-5,13-16,18-20H2,1-2H3. The molecule has 3 heteroatoms. The molecular formula is C26H34FNO. The Morgan fingerprint density at radius 2 is 1.76 bits per heavy atom. The lowest BCUT2D eigenvalue weighted by molar-refractivity contribution is -0.137. The number of nitrogens with zero attached hydrogens (tertiary/aromatic N) is 1. The Morgan fingerprint density at radius 1 is 1.00 bits per heavy atom. The third-order valence-corrected chi connectivity index (χ3v) is 7.10. The zero-order chi connectivity index (χ0) is 20.3. The molecule has 2 fully saturated rings. The number of hydrogen-bond acceptors (Lipinski definition) is 2. The van der Waals surface area contributed by atoms with Gasteiger partial charge in [0, 0.05) is 18.7 Å². The summed E-state index contributed by atoms with van der Waals surface area (Å²) in [5.41, 5.74) is 4.00. The van der Waals surface area contributed by atoms with E-state index in [1.807, 2.05) is 12.1 Å². The summed E-state index contributed by atoms with van der Waals surface area (Å²) in [5, 5.41) is 0. The first-order valence-electron chi connectivity index (χ1n) is 11.2. The lowest BCUT2D eigenvalue weighted by Gasteiger charge is -2.52. The molecule has 29 heavy (non-hydrogen) atoms. The van der Waals surface area contributed by atoms with Crippen LogP contribution in [0.25, 0.3) is 0 Å². The summed E-state index contributed by atoms with van der Waals surface area (Å²) in [4.78, 5) is 2.67. The van der Waals surface area contributed by atoms with Gasteiger partial charge in [0.25, 0.3) is 0 Å². The SMILES string of the molecule is CCN(Cc1cccc(C)c1)C1(Cc2ccc(F)cc2)CCOC2(CCCC2)C1. The van der Waals surface area contributed by atoms with Crippen LogP contribution in [0, 0.1) is 12.7 Å². The highest BCUT2D eigenvalue weighted by atomic mass is 19.1. The van der Waals surface area contributed by atoms with Crippen molar-refractivity contribution < 1.29 is 9.13 Å². The second-order valence-electron chi connectivity index (χ2n) is 9.20. The van der Waals surface area contributed by atoms with Crippen molar-refractivity contribution in [1.82, 2.24) is 4.90 Å². The number of halogens is 1. The van der Waals surface area contributed by atoms with E-state index in [1.54, 1.807) is 12.1 Å². The molecule has 1 aliphatic heterocycles. The van der Waals surface area contributed by atoms with Crippen LogP contribution in [-0.4, -0.2) is 29.2 Å². The van der Waals surface area contributed by atoms with Crippen molar-refractivity contribution in [2.75, 3.05) is 13.2 Å². The molecule has 1 atom stereocenters. The maximum Gasteiger partial charge on any atom is 0.123 e. The van der Waals surface area contributed by atoms with Gasteiger partial charge in [0.05, 0.1) is 5.60 Å². The van der Waals surface area contributed by atoms with E-state index in [0.29, 0.717) is 0 Å². The number of hydrogen-bond donors (Lipinski definition) is 0. The van der Waals surface area contributed by atoms with Crippen LogP contribution in [0.1, 0.15) is 62.1 Å². The van der Waals surface area contributed by atoms with Crippen LogP contribution in [0.2, 0.25) is 0 Å². The molecular weight excluding hydrogens is 361 g/mol. The van der Waals surface area contributed by atoms with Crippen LogP contribution in [0.4, 0.5) is 4.39 Å². The number of rotatable bonds is 6. The molecule has 1 saturated carbocycles. The van der Waals surface area contributed by atoms with E-state index >= 15 is 0 Å². The highest BCUT2D eigenvalue weighted by molar-refractivity contribution is 5.24. The fourth-order valence-corrected chi connectivity index (χ4v) is 5.70. The van der Waals surface area contributed by atoms with Crippen LogP contribution in [-0.2, 0) is 17.7 Å². The fourth-order valence-electron chi connectivity index (χ4n) is 5.70. The molecule has 0 amide bonds. The molecule has 1 aliphatic carbocycles. The number of ether oxygens (including phenoxy) is 1. The van der Waals surface area contributed by atoms with Gasteiger partial charge in [0.2, 0.25) is 0 Å². The fraction of sp³-hybridized carbons (Fsp3) is 0.538. The molecule has 156 valence electrons. The van der Waals surface area contributed by atoms with Crippen molar-refractivity contribution in [3.8, 4) is 0 Å². The molecule has 0 radical (unpaired) electrons. The zero-order valence-electron chi connectivity index (χ0n) is 17.9. The lowest BCUT2D eigenvalue weighted by Crippen LogP contribution is -2.58. The van der Waals surface area contributed by atoms with Gasteiger partial charge in [-0.25, -0.2) is 4.39 Å². The summed E-state index contributed by atoms with van der Waals surface area (Å²) in [5.74, 6) is -0.158. The molecule has 1 unspecified atom stereocenters. The summed E-state index contributed by atoms with van der Waals surface area (Å²) in [6.45, 7) is 7.22. The van der Waals surface area contributed by atoms with Crippen LogP contribution < -0.4 is 0 Å². The molecule has 2 aromatic carbocycles. The monoisotopic (exact) mass is 395 g/mol. The Kier molecular flexibility index (Phi) is 6.08. The van der Waals surface area contributed by atoms with Crippen molar-refractivity contribution in [2.24, 2.45) is 0 Å². The van der Waals surface area contributed by atoms with Gasteiger partial charge < -0.3 is 4.74 Å². The maximum absolute atomic E-state index is 13.5. The molecule has 1 heterocycles. The van der Waals surface area contributed by atoms with Crippen molar-refractivity contribution in [1.29, 1.82) is 0 Å². The summed E-state index contributed by atoms with van der Waals surface area (Å²) in [6, 6.07) is 16.0. The molecule has 1 spiro atoms. The van der Waals surface area contributed by atoms with Crippen molar-refractivity contribution in [2.45, 2.75) is 76.5 Å². The summed E-state index contributed by atoms with van der Waals surface area (Å²) >= 11 is 0. The van der Waals surface area contributed by atoms with Gasteiger partial charge in [0.15, 0.2) is 0 Å². The van der Waals surface area contributed by atoms with Crippen LogP contribution in [0.15, 0.2) is 48.5 Å². The van der Waals surface area contributed by atoms with E-state index in [2.05, 4.69) is 43.0 Å². The highest BCUT2D eigenvalue weighted by Gasteiger charge is 2.49. The van der Waals surface area contributed by atoms with Gasteiger partial charge in [-0.05, 0) is 68.8 Å². The number of benzene rings is 2. The molecule has 2 aromatic rings. The minimum atomic E-state index is -0.158. The smallest absolute Gasteiger partial charge is 0.123 e. The Morgan fingerprint density at radius 3 is 2.45 bits per heavy atom. The van der Waals surface area contributed by atoms with Crippen molar-refractivity contribution in [3.05, 3.63) is 71.0 Å². The predicted molar refractivity (Wildman–Crippen MR) is 116 cm³/mol. The highest BCUT2D eigenvalue weighted by Crippen LogP contribution is 2.47. The number of aryl methyl sites for hydroxylation is 1. The lowest BCUT2D eigenvalue weighted by atomic mass is 9.73. The van der Waals surface area contributed by atoms with Crippen LogP contribution in [0.3, 0.4) is 0 Å². The minimum Gasteiger partial charge on any atom is -0.375 e. The maximum atomic E-state index is 13.5. The zero-order valence-corrected chi connectivity index (χ0v) is 17.9. The summed E-state index contributed by atoms with van der Waals surface area (Å²) in [6.07, 6.45) is 7.98. The predicted octanol–water partition coefficient (Wildman–Crippen LogP) is 6.06. The van der Waals surface area contributed by atoms with Gasteiger partial charge in [-0.15, -0.1) is 0 Å². The summed E-state index contributed by atoms with van der Waals surface area (Å²) < 4.78 is 19.9. The van der Waals surface area contributed by atoms with E-state index < -0.39 is 0 Å². The quantitative estimate of drug-likeness (QED) is 0.589. The van der Waals surface area contributed by atoms with Crippen LogP contribution >= 0.6 is 0 Å². The molecule has 0 bridgehead atoms. The van der Waals surface area contributed by atoms with Crippen molar-refractivity contribution in [3.63, 3.8) is 0 Å². The second-order valence-corrected chi connectivity index (χ2v) is 9.20. The third-order valence-electron chi connectivity index (χ3n) is 7.10. The number of likely N-dealkylation sites (N-methyl/N-ethyl adjacent to an activating group) is 1. The summed E-state index contributed by atoms with van der Waals surface area (Å²) in [7, 11) is 0. The van der Waals surface area contributed by atoms with Gasteiger partial charge in [-0.1, -0.05) is 61.7 Å². The Bertz CT molecular complexity index is 812. The first-order chi connectivity index (χ1) is 14.0. The first-order valence-corrected chi connectivity index (χ1v) is 11.2. The topological polar surface area (TPSA) is 12.5 Å². The van der Waals surface area contributed by atoms with E-state index in [1.165, 1.54) is 42.4 Å². The third kappa shape index (κ3) is 4.57. The second kappa shape index (κ2) is 8.57.